The van der Waals surface area contributed by atoms with Crippen molar-refractivity contribution in [1.29, 1.82) is 0 Å². The van der Waals surface area contributed by atoms with E-state index in [0.29, 0.717) is 6.04 Å². The smallest absolute Gasteiger partial charge is 0.152 e. The van der Waals surface area contributed by atoms with Crippen molar-refractivity contribution in [3.05, 3.63) is 29.8 Å². The Balaban J connectivity index is 2.23. The van der Waals surface area contributed by atoms with Gasteiger partial charge in [0.05, 0.1) is 0 Å². The first kappa shape index (κ1) is 10.6. The highest BCUT2D eigenvalue weighted by molar-refractivity contribution is 7.99. The number of benzene rings is 1. The van der Waals surface area contributed by atoms with E-state index in [0.717, 1.165) is 17.5 Å². The zero-order valence-corrected chi connectivity index (χ0v) is 9.67. The van der Waals surface area contributed by atoms with Crippen LogP contribution in [0.5, 0.6) is 0 Å². The van der Waals surface area contributed by atoms with Crippen LogP contribution in [-0.4, -0.2) is 30.9 Å². The summed E-state index contributed by atoms with van der Waals surface area (Å²) in [4.78, 5) is 13.2. The van der Waals surface area contributed by atoms with Crippen LogP contribution in [0.2, 0.25) is 0 Å². The van der Waals surface area contributed by atoms with Crippen LogP contribution in [0.15, 0.2) is 24.3 Å². The highest BCUT2D eigenvalue weighted by atomic mass is 32.2. The molecule has 1 aliphatic heterocycles. The average Bonchev–Trinajstić information content (AvgIpc) is 2.81. The first-order valence-electron chi connectivity index (χ1n) is 5.17. The molecule has 1 fully saturated rings. The van der Waals surface area contributed by atoms with E-state index in [1.807, 2.05) is 36.0 Å². The molecule has 1 aliphatic rings. The lowest BCUT2D eigenvalue weighted by molar-refractivity contribution is 0.112. The van der Waals surface area contributed by atoms with Crippen LogP contribution >= 0.6 is 11.8 Å². The number of anilines is 1. The zero-order valence-electron chi connectivity index (χ0n) is 8.85. The molecule has 80 valence electrons. The van der Waals surface area contributed by atoms with E-state index in [2.05, 4.69) is 11.9 Å². The minimum Gasteiger partial charge on any atom is -0.370 e. The average molecular weight is 221 g/mol. The molecule has 1 heterocycles. The maximum absolute atomic E-state index is 10.9. The molecule has 2 nitrogen and oxygen atoms in total. The van der Waals surface area contributed by atoms with Gasteiger partial charge in [0.1, 0.15) is 0 Å². The molecule has 0 saturated carbocycles. The molecule has 0 amide bonds. The summed E-state index contributed by atoms with van der Waals surface area (Å²) >= 11 is 1.99. The zero-order chi connectivity index (χ0) is 10.7. The topological polar surface area (TPSA) is 20.3 Å². The van der Waals surface area contributed by atoms with Crippen LogP contribution in [0.25, 0.3) is 0 Å². The summed E-state index contributed by atoms with van der Waals surface area (Å²) in [5.41, 5.74) is 1.84. The molecule has 15 heavy (non-hydrogen) atoms. The molecule has 0 spiro atoms. The minimum atomic E-state index is 0.580. The molecule has 3 heteroatoms. The Morgan fingerprint density at radius 1 is 1.47 bits per heavy atom. The molecule has 1 unspecified atom stereocenters. The maximum Gasteiger partial charge on any atom is 0.152 e. The predicted octanol–water partition coefficient (Wildman–Crippen LogP) is 2.44. The molecule has 0 radical (unpaired) electrons. The Hall–Kier alpha value is -0.960. The van der Waals surface area contributed by atoms with Gasteiger partial charge in [-0.15, -0.1) is 0 Å². The Bertz CT molecular complexity index is 347. The molecule has 0 N–H and O–H groups in total. The lowest BCUT2D eigenvalue weighted by Gasteiger charge is -2.27. The number of hydrogen-bond donors (Lipinski definition) is 0. The fourth-order valence-corrected chi connectivity index (χ4v) is 3.20. The first-order chi connectivity index (χ1) is 7.33. The van der Waals surface area contributed by atoms with Gasteiger partial charge < -0.3 is 4.90 Å². The maximum atomic E-state index is 10.9. The van der Waals surface area contributed by atoms with Gasteiger partial charge in [-0.25, -0.2) is 0 Å². The molecule has 2 rings (SSSR count). The molecular weight excluding hydrogens is 206 g/mol. The van der Waals surface area contributed by atoms with Crippen molar-refractivity contribution >= 4 is 23.7 Å². The van der Waals surface area contributed by atoms with Gasteiger partial charge in [-0.2, -0.15) is 11.8 Å². The first-order valence-corrected chi connectivity index (χ1v) is 6.33. The largest absolute Gasteiger partial charge is 0.370 e. The van der Waals surface area contributed by atoms with Gasteiger partial charge >= 0.3 is 0 Å². The van der Waals surface area contributed by atoms with Gasteiger partial charge in [0.15, 0.2) is 6.29 Å². The summed E-state index contributed by atoms with van der Waals surface area (Å²) in [6, 6.07) is 8.37. The molecular formula is C12H15NOS. The van der Waals surface area contributed by atoms with Crippen LogP contribution < -0.4 is 4.90 Å². The predicted molar refractivity (Wildman–Crippen MR) is 66.0 cm³/mol. The van der Waals surface area contributed by atoms with Crippen molar-refractivity contribution in [2.45, 2.75) is 12.5 Å². The molecule has 1 atom stereocenters. The normalized spacial score (nSPS) is 20.2. The van der Waals surface area contributed by atoms with Crippen molar-refractivity contribution in [3.63, 3.8) is 0 Å². The third kappa shape index (κ3) is 2.17. The molecule has 0 aliphatic carbocycles. The fourth-order valence-electron chi connectivity index (χ4n) is 1.93. The highest BCUT2D eigenvalue weighted by Gasteiger charge is 2.21. The second kappa shape index (κ2) is 4.71. The van der Waals surface area contributed by atoms with Crippen molar-refractivity contribution in [2.24, 2.45) is 0 Å². The Labute approximate surface area is 94.7 Å². The number of carbonyl (C=O) groups is 1. The fraction of sp³-hybridized carbons (Fsp3) is 0.417. The van der Waals surface area contributed by atoms with E-state index in [1.54, 1.807) is 0 Å². The number of carbonyl (C=O) groups excluding carboxylic acids is 1. The van der Waals surface area contributed by atoms with Crippen LogP contribution in [0, 0.1) is 0 Å². The summed E-state index contributed by atoms with van der Waals surface area (Å²) in [6.45, 7) is 0. The van der Waals surface area contributed by atoms with Gasteiger partial charge in [0.25, 0.3) is 0 Å². The molecule has 1 aromatic carbocycles. The minimum absolute atomic E-state index is 0.580. The summed E-state index contributed by atoms with van der Waals surface area (Å²) in [6.07, 6.45) is 2.16. The quantitative estimate of drug-likeness (QED) is 0.731. The number of para-hydroxylation sites is 1. The van der Waals surface area contributed by atoms with E-state index < -0.39 is 0 Å². The second-order valence-electron chi connectivity index (χ2n) is 3.80. The van der Waals surface area contributed by atoms with E-state index in [1.165, 1.54) is 17.9 Å². The number of nitrogens with zero attached hydrogens (tertiary/aromatic N) is 1. The lowest BCUT2D eigenvalue weighted by Crippen LogP contribution is -2.31. The van der Waals surface area contributed by atoms with E-state index >= 15 is 0 Å². The van der Waals surface area contributed by atoms with E-state index in [9.17, 15) is 4.79 Å². The van der Waals surface area contributed by atoms with Crippen molar-refractivity contribution in [1.82, 2.24) is 0 Å². The van der Waals surface area contributed by atoms with Gasteiger partial charge in [0.2, 0.25) is 0 Å². The van der Waals surface area contributed by atoms with Crippen LogP contribution in [0.4, 0.5) is 5.69 Å². The van der Waals surface area contributed by atoms with Gasteiger partial charge in [0, 0.05) is 30.1 Å². The Kier molecular flexibility index (Phi) is 3.31. The molecule has 0 aromatic heterocycles. The summed E-state index contributed by atoms with van der Waals surface area (Å²) in [7, 11) is 2.08. The highest BCUT2D eigenvalue weighted by Crippen LogP contribution is 2.27. The van der Waals surface area contributed by atoms with Crippen molar-refractivity contribution in [3.8, 4) is 0 Å². The van der Waals surface area contributed by atoms with E-state index in [-0.39, 0.29) is 0 Å². The van der Waals surface area contributed by atoms with Gasteiger partial charge in [-0.1, -0.05) is 12.1 Å². The summed E-state index contributed by atoms with van der Waals surface area (Å²) in [5, 5.41) is 0. The second-order valence-corrected chi connectivity index (χ2v) is 4.95. The number of hydrogen-bond acceptors (Lipinski definition) is 3. The summed E-state index contributed by atoms with van der Waals surface area (Å²) in [5.74, 6) is 2.40. The molecule has 0 bridgehead atoms. The standard InChI is InChI=1S/C12H15NOS/c1-13(11-6-7-15-9-11)12-5-3-2-4-10(12)8-14/h2-5,8,11H,6-7,9H2,1H3. The third-order valence-corrected chi connectivity index (χ3v) is 4.04. The van der Waals surface area contributed by atoms with Crippen molar-refractivity contribution < 1.29 is 4.79 Å². The monoisotopic (exact) mass is 221 g/mol. The SMILES string of the molecule is CN(c1ccccc1C=O)C1CCSC1. The van der Waals surface area contributed by atoms with Crippen LogP contribution in [0.3, 0.4) is 0 Å². The Morgan fingerprint density at radius 2 is 2.27 bits per heavy atom. The third-order valence-electron chi connectivity index (χ3n) is 2.90. The van der Waals surface area contributed by atoms with Crippen molar-refractivity contribution in [2.75, 3.05) is 23.5 Å². The molecule has 1 aromatic rings. The van der Waals surface area contributed by atoms with Crippen LogP contribution in [0.1, 0.15) is 16.8 Å². The summed E-state index contributed by atoms with van der Waals surface area (Å²) < 4.78 is 0. The molecule has 1 saturated heterocycles. The van der Waals surface area contributed by atoms with E-state index in [4.69, 9.17) is 0 Å². The number of aldehydes is 1. The van der Waals surface area contributed by atoms with Crippen LogP contribution in [-0.2, 0) is 0 Å². The van der Waals surface area contributed by atoms with Gasteiger partial charge in [-0.3, -0.25) is 4.79 Å². The van der Waals surface area contributed by atoms with Gasteiger partial charge in [-0.05, 0) is 24.3 Å². The Morgan fingerprint density at radius 3 is 2.93 bits per heavy atom. The number of thioether (sulfide) groups is 1. The number of rotatable bonds is 3. The lowest BCUT2D eigenvalue weighted by atomic mass is 10.1.